The molecule has 0 radical (unpaired) electrons. The Labute approximate surface area is 127 Å². The summed E-state index contributed by atoms with van der Waals surface area (Å²) in [5.74, 6) is 0. The summed E-state index contributed by atoms with van der Waals surface area (Å²) >= 11 is 7.85. The molecule has 0 heterocycles. The molecule has 2 heteroatoms. The van der Waals surface area contributed by atoms with Gasteiger partial charge in [-0.05, 0) is 58.8 Å². The largest absolute Gasteiger partial charge is 0.0557 e. The molecule has 0 unspecified atom stereocenters. The first kappa shape index (κ1) is 13.2. The average molecular weight is 372 g/mol. The van der Waals surface area contributed by atoms with Gasteiger partial charge in [-0.3, -0.25) is 0 Å². The molecule has 0 fully saturated rings. The predicted octanol–water partition coefficient (Wildman–Crippen LogP) is 5.66. The van der Waals surface area contributed by atoms with Gasteiger partial charge in [-0.2, -0.15) is 0 Å². The topological polar surface area (TPSA) is 0 Å². The molecule has 0 spiro atoms. The number of fused-ring (bicyclic) bond motifs is 2. The zero-order chi connectivity index (χ0) is 13.3. The average Bonchev–Trinajstić information content (AvgIpc) is 2.73. The Morgan fingerprint density at radius 2 is 1.06 bits per heavy atom. The van der Waals surface area contributed by atoms with Crippen molar-refractivity contribution in [3.05, 3.63) is 31.2 Å². The first-order chi connectivity index (χ1) is 8.26. The van der Waals surface area contributed by atoms with Crippen molar-refractivity contribution in [2.45, 2.75) is 64.2 Å². The summed E-state index contributed by atoms with van der Waals surface area (Å²) < 4.78 is 2.81. The summed E-state index contributed by atoms with van der Waals surface area (Å²) in [6, 6.07) is 0. The van der Waals surface area contributed by atoms with E-state index >= 15 is 0 Å². The molecule has 2 aliphatic carbocycles. The van der Waals surface area contributed by atoms with E-state index in [4.69, 9.17) is 0 Å². The van der Waals surface area contributed by atoms with Gasteiger partial charge in [-0.25, -0.2) is 0 Å². The lowest BCUT2D eigenvalue weighted by Crippen LogP contribution is -2.16. The maximum atomic E-state index is 3.92. The molecular weight excluding hydrogens is 352 g/mol. The van der Waals surface area contributed by atoms with Crippen LogP contribution in [0.4, 0.5) is 0 Å². The van der Waals surface area contributed by atoms with Crippen LogP contribution >= 0.6 is 31.9 Å². The van der Waals surface area contributed by atoms with E-state index in [0.717, 1.165) is 0 Å². The minimum absolute atomic E-state index is 0.318. The Kier molecular flexibility index (Phi) is 2.82. The molecule has 0 atom stereocenters. The van der Waals surface area contributed by atoms with Crippen LogP contribution < -0.4 is 0 Å². The van der Waals surface area contributed by atoms with Gasteiger partial charge in [0.2, 0.25) is 0 Å². The Balaban J connectivity index is 2.37. The van der Waals surface area contributed by atoms with Gasteiger partial charge in [0, 0.05) is 8.95 Å². The molecule has 0 aromatic heterocycles. The fourth-order valence-corrected chi connectivity index (χ4v) is 6.14. The minimum atomic E-state index is 0.318. The van der Waals surface area contributed by atoms with E-state index in [0.29, 0.717) is 10.8 Å². The van der Waals surface area contributed by atoms with Crippen molar-refractivity contribution in [3.63, 3.8) is 0 Å². The van der Waals surface area contributed by atoms with Crippen LogP contribution in [0.3, 0.4) is 0 Å². The minimum Gasteiger partial charge on any atom is -0.0557 e. The van der Waals surface area contributed by atoms with Gasteiger partial charge in [-0.1, -0.05) is 59.6 Å². The number of hydrogen-bond donors (Lipinski definition) is 0. The highest BCUT2D eigenvalue weighted by Gasteiger charge is 2.41. The Morgan fingerprint density at radius 1 is 0.722 bits per heavy atom. The molecule has 0 nitrogen and oxygen atoms in total. The molecule has 0 saturated heterocycles. The van der Waals surface area contributed by atoms with E-state index in [-0.39, 0.29) is 0 Å². The van der Waals surface area contributed by atoms with Crippen LogP contribution in [0.2, 0.25) is 0 Å². The SMILES string of the molecule is CC1(C)CCc2c(Br)c3c(c(Br)c21)CCC3(C)C. The van der Waals surface area contributed by atoms with Crippen molar-refractivity contribution in [1.82, 2.24) is 0 Å². The molecule has 2 aliphatic rings. The number of rotatable bonds is 0. The van der Waals surface area contributed by atoms with Gasteiger partial charge in [0.05, 0.1) is 0 Å². The molecule has 1 aromatic carbocycles. The van der Waals surface area contributed by atoms with Crippen molar-refractivity contribution >= 4 is 31.9 Å². The smallest absolute Gasteiger partial charge is 0.0251 e. The molecule has 1 aromatic rings. The van der Waals surface area contributed by atoms with Crippen LogP contribution in [0.1, 0.15) is 62.8 Å². The molecule has 98 valence electrons. The second-order valence-electron chi connectivity index (χ2n) is 7.10. The molecular formula is C16H20Br2. The molecule has 18 heavy (non-hydrogen) atoms. The monoisotopic (exact) mass is 370 g/mol. The van der Waals surface area contributed by atoms with Gasteiger partial charge < -0.3 is 0 Å². The lowest BCUT2D eigenvalue weighted by Gasteiger charge is -2.26. The Hall–Kier alpha value is 0.180. The third kappa shape index (κ3) is 1.61. The normalized spacial score (nSPS) is 23.0. The summed E-state index contributed by atoms with van der Waals surface area (Å²) in [6.07, 6.45) is 4.96. The van der Waals surface area contributed by atoms with E-state index in [1.54, 1.807) is 22.3 Å². The fourth-order valence-electron chi connectivity index (χ4n) is 3.79. The highest BCUT2D eigenvalue weighted by atomic mass is 79.9. The standard InChI is InChI=1S/C16H20Br2/c1-15(2)7-5-9-11(15)13(17)10-6-8-16(3,4)12(10)14(9)18/h5-8H2,1-4H3. The highest BCUT2D eigenvalue weighted by molar-refractivity contribution is 9.11. The summed E-state index contributed by atoms with van der Waals surface area (Å²) in [4.78, 5) is 0. The van der Waals surface area contributed by atoms with Crippen molar-refractivity contribution in [2.75, 3.05) is 0 Å². The zero-order valence-corrected chi connectivity index (χ0v) is 14.8. The van der Waals surface area contributed by atoms with Crippen molar-refractivity contribution in [2.24, 2.45) is 0 Å². The van der Waals surface area contributed by atoms with E-state index in [1.807, 2.05) is 0 Å². The van der Waals surface area contributed by atoms with Gasteiger partial charge >= 0.3 is 0 Å². The summed E-state index contributed by atoms with van der Waals surface area (Å²) in [6.45, 7) is 9.51. The van der Waals surface area contributed by atoms with Gasteiger partial charge in [0.15, 0.2) is 0 Å². The lowest BCUT2D eigenvalue weighted by molar-refractivity contribution is 0.518. The zero-order valence-electron chi connectivity index (χ0n) is 11.6. The molecule has 0 bridgehead atoms. The molecule has 0 amide bonds. The summed E-state index contributed by atoms with van der Waals surface area (Å²) in [5, 5.41) is 0. The van der Waals surface area contributed by atoms with E-state index < -0.39 is 0 Å². The van der Waals surface area contributed by atoms with Crippen molar-refractivity contribution < 1.29 is 0 Å². The first-order valence-corrected chi connectivity index (χ1v) is 8.38. The third-order valence-corrected chi connectivity index (χ3v) is 6.68. The van der Waals surface area contributed by atoms with Crippen LogP contribution in [-0.4, -0.2) is 0 Å². The summed E-state index contributed by atoms with van der Waals surface area (Å²) in [5.41, 5.74) is 6.87. The number of benzene rings is 1. The third-order valence-electron chi connectivity index (χ3n) is 4.93. The van der Waals surface area contributed by atoms with Crippen LogP contribution in [0.5, 0.6) is 0 Å². The van der Waals surface area contributed by atoms with Crippen LogP contribution in [0, 0.1) is 0 Å². The second kappa shape index (κ2) is 3.85. The predicted molar refractivity (Wildman–Crippen MR) is 84.5 cm³/mol. The highest BCUT2D eigenvalue weighted by Crippen LogP contribution is 2.54. The van der Waals surface area contributed by atoms with E-state index in [1.165, 1.54) is 34.6 Å². The Bertz CT molecular complexity index is 489. The van der Waals surface area contributed by atoms with Crippen LogP contribution in [-0.2, 0) is 23.7 Å². The molecule has 0 aliphatic heterocycles. The molecule has 3 rings (SSSR count). The van der Waals surface area contributed by atoms with Crippen LogP contribution in [0.15, 0.2) is 8.95 Å². The maximum Gasteiger partial charge on any atom is 0.0251 e. The maximum absolute atomic E-state index is 3.92. The summed E-state index contributed by atoms with van der Waals surface area (Å²) in [7, 11) is 0. The van der Waals surface area contributed by atoms with Gasteiger partial charge in [0.1, 0.15) is 0 Å². The second-order valence-corrected chi connectivity index (χ2v) is 8.69. The van der Waals surface area contributed by atoms with E-state index in [9.17, 15) is 0 Å². The first-order valence-electron chi connectivity index (χ1n) is 6.79. The quantitative estimate of drug-likeness (QED) is 0.551. The van der Waals surface area contributed by atoms with Crippen molar-refractivity contribution in [1.29, 1.82) is 0 Å². The lowest BCUT2D eigenvalue weighted by atomic mass is 9.82. The van der Waals surface area contributed by atoms with Crippen molar-refractivity contribution in [3.8, 4) is 0 Å². The molecule has 0 saturated carbocycles. The fraction of sp³-hybridized carbons (Fsp3) is 0.625. The number of halogens is 2. The van der Waals surface area contributed by atoms with Gasteiger partial charge in [-0.15, -0.1) is 0 Å². The van der Waals surface area contributed by atoms with Gasteiger partial charge in [0.25, 0.3) is 0 Å². The van der Waals surface area contributed by atoms with Crippen LogP contribution in [0.25, 0.3) is 0 Å². The molecule has 0 N–H and O–H groups in total. The van der Waals surface area contributed by atoms with E-state index in [2.05, 4.69) is 59.6 Å². The Morgan fingerprint density at radius 3 is 1.39 bits per heavy atom. The number of hydrogen-bond acceptors (Lipinski definition) is 0.